The Kier molecular flexibility index (Phi) is 7.47. The quantitative estimate of drug-likeness (QED) is 0.619. The van der Waals surface area contributed by atoms with Gasteiger partial charge in [-0.15, -0.1) is 0 Å². The molecule has 0 aliphatic carbocycles. The standard InChI is InChI=1S/C19H22F2N2O4S/c1-13(2)27-11-3-10-22-19(24)14-4-6-15(7-5-14)23-28(25,26)16-8-9-17(20)18(21)12-16/h4-9,12-13,23H,3,10-11H2,1-2H3,(H,22,24). The summed E-state index contributed by atoms with van der Waals surface area (Å²) in [5.74, 6) is -2.68. The SMILES string of the molecule is CC(C)OCCCNC(=O)c1ccc(NS(=O)(=O)c2ccc(F)c(F)c2)cc1. The second-order valence-electron chi connectivity index (χ2n) is 6.29. The fraction of sp³-hybridized carbons (Fsp3) is 0.316. The lowest BCUT2D eigenvalue weighted by Gasteiger charge is -2.10. The molecule has 2 rings (SSSR count). The first kappa shape index (κ1) is 21.8. The van der Waals surface area contributed by atoms with E-state index in [4.69, 9.17) is 4.74 Å². The summed E-state index contributed by atoms with van der Waals surface area (Å²) >= 11 is 0. The largest absolute Gasteiger partial charge is 0.379 e. The molecule has 0 heterocycles. The van der Waals surface area contributed by atoms with Crippen molar-refractivity contribution in [2.24, 2.45) is 0 Å². The van der Waals surface area contributed by atoms with E-state index in [-0.39, 0.29) is 17.7 Å². The van der Waals surface area contributed by atoms with Crippen molar-refractivity contribution in [2.75, 3.05) is 17.9 Å². The summed E-state index contributed by atoms with van der Waals surface area (Å²) in [6.45, 7) is 4.86. The van der Waals surface area contributed by atoms with E-state index >= 15 is 0 Å². The maximum Gasteiger partial charge on any atom is 0.261 e. The number of hydrogen-bond donors (Lipinski definition) is 2. The van der Waals surface area contributed by atoms with Crippen molar-refractivity contribution in [3.8, 4) is 0 Å². The third-order valence-corrected chi connectivity index (χ3v) is 5.04. The van der Waals surface area contributed by atoms with Gasteiger partial charge in [-0.2, -0.15) is 0 Å². The molecule has 0 unspecified atom stereocenters. The number of amides is 1. The first-order valence-corrected chi connectivity index (χ1v) is 10.1. The van der Waals surface area contributed by atoms with Crippen LogP contribution in [0.1, 0.15) is 30.6 Å². The number of carbonyl (C=O) groups is 1. The monoisotopic (exact) mass is 412 g/mol. The molecule has 0 aliphatic heterocycles. The summed E-state index contributed by atoms with van der Waals surface area (Å²) in [7, 11) is -4.08. The molecule has 2 aromatic rings. The number of rotatable bonds is 9. The van der Waals surface area contributed by atoms with Gasteiger partial charge in [0.15, 0.2) is 11.6 Å². The van der Waals surface area contributed by atoms with Crippen LogP contribution in [0.3, 0.4) is 0 Å². The van der Waals surface area contributed by atoms with Crippen LogP contribution >= 0.6 is 0 Å². The first-order valence-electron chi connectivity index (χ1n) is 8.67. The number of sulfonamides is 1. The Hall–Kier alpha value is -2.52. The zero-order valence-electron chi connectivity index (χ0n) is 15.5. The number of nitrogens with one attached hydrogen (secondary N) is 2. The van der Waals surface area contributed by atoms with Crippen LogP contribution in [-0.2, 0) is 14.8 Å². The zero-order chi connectivity index (χ0) is 20.7. The topological polar surface area (TPSA) is 84.5 Å². The van der Waals surface area contributed by atoms with Gasteiger partial charge in [-0.05, 0) is 62.7 Å². The fourth-order valence-electron chi connectivity index (χ4n) is 2.24. The van der Waals surface area contributed by atoms with Crippen molar-refractivity contribution in [3.05, 3.63) is 59.7 Å². The maximum absolute atomic E-state index is 13.3. The lowest BCUT2D eigenvalue weighted by molar-refractivity contribution is 0.0757. The molecule has 1 amide bonds. The molecule has 0 atom stereocenters. The molecule has 0 bridgehead atoms. The third-order valence-electron chi connectivity index (χ3n) is 3.66. The Labute approximate surface area is 163 Å². The Morgan fingerprint density at radius 3 is 2.36 bits per heavy atom. The molecule has 0 aliphatic rings. The van der Waals surface area contributed by atoms with E-state index in [0.717, 1.165) is 12.1 Å². The molecule has 0 spiro atoms. The molecule has 0 radical (unpaired) electrons. The molecule has 2 aromatic carbocycles. The van der Waals surface area contributed by atoms with E-state index in [0.29, 0.717) is 31.2 Å². The van der Waals surface area contributed by atoms with Gasteiger partial charge >= 0.3 is 0 Å². The van der Waals surface area contributed by atoms with Crippen molar-refractivity contribution in [1.82, 2.24) is 5.32 Å². The summed E-state index contributed by atoms with van der Waals surface area (Å²) in [6, 6.07) is 8.05. The number of benzene rings is 2. The molecule has 28 heavy (non-hydrogen) atoms. The summed E-state index contributed by atoms with van der Waals surface area (Å²) in [6.07, 6.45) is 0.814. The van der Waals surface area contributed by atoms with Crippen LogP contribution in [-0.4, -0.2) is 33.6 Å². The fourth-order valence-corrected chi connectivity index (χ4v) is 3.31. The number of carbonyl (C=O) groups excluding carboxylic acids is 1. The van der Waals surface area contributed by atoms with E-state index in [9.17, 15) is 22.0 Å². The Morgan fingerprint density at radius 2 is 1.75 bits per heavy atom. The predicted octanol–water partition coefficient (Wildman–Crippen LogP) is 3.31. The number of halogens is 2. The van der Waals surface area contributed by atoms with Gasteiger partial charge in [-0.25, -0.2) is 17.2 Å². The van der Waals surface area contributed by atoms with Crippen LogP contribution in [0.5, 0.6) is 0 Å². The molecule has 152 valence electrons. The Morgan fingerprint density at radius 1 is 1.07 bits per heavy atom. The molecular formula is C19H22F2N2O4S. The van der Waals surface area contributed by atoms with E-state index < -0.39 is 26.6 Å². The Balaban J connectivity index is 1.94. The van der Waals surface area contributed by atoms with Crippen molar-refractivity contribution in [3.63, 3.8) is 0 Å². The van der Waals surface area contributed by atoms with E-state index in [1.54, 1.807) is 0 Å². The van der Waals surface area contributed by atoms with Crippen molar-refractivity contribution >= 4 is 21.6 Å². The highest BCUT2D eigenvalue weighted by Gasteiger charge is 2.17. The maximum atomic E-state index is 13.3. The normalized spacial score (nSPS) is 11.5. The Bertz CT molecular complexity index is 916. The van der Waals surface area contributed by atoms with E-state index in [2.05, 4.69) is 10.0 Å². The molecule has 0 saturated carbocycles. The molecule has 0 aromatic heterocycles. The summed E-state index contributed by atoms with van der Waals surface area (Å²) in [5, 5.41) is 2.74. The van der Waals surface area contributed by atoms with Gasteiger partial charge < -0.3 is 10.1 Å². The highest BCUT2D eigenvalue weighted by molar-refractivity contribution is 7.92. The third kappa shape index (κ3) is 6.28. The van der Waals surface area contributed by atoms with Crippen LogP contribution in [0.15, 0.2) is 47.4 Å². The average Bonchev–Trinajstić information content (AvgIpc) is 2.63. The summed E-state index contributed by atoms with van der Waals surface area (Å²) in [4.78, 5) is 11.7. The van der Waals surface area contributed by atoms with Gasteiger partial charge in [0.2, 0.25) is 0 Å². The van der Waals surface area contributed by atoms with Crippen LogP contribution in [0.2, 0.25) is 0 Å². The van der Waals surface area contributed by atoms with Gasteiger partial charge in [0.05, 0.1) is 11.0 Å². The molecular weight excluding hydrogens is 390 g/mol. The molecule has 6 nitrogen and oxygen atoms in total. The minimum atomic E-state index is -4.08. The van der Waals surface area contributed by atoms with Crippen molar-refractivity contribution in [1.29, 1.82) is 0 Å². The van der Waals surface area contributed by atoms with Crippen molar-refractivity contribution < 1.29 is 26.7 Å². The molecule has 9 heteroatoms. The summed E-state index contributed by atoms with van der Waals surface area (Å²) in [5.41, 5.74) is 0.548. The van der Waals surface area contributed by atoms with E-state index in [1.807, 2.05) is 13.8 Å². The first-order chi connectivity index (χ1) is 13.2. The minimum absolute atomic E-state index is 0.137. The smallest absolute Gasteiger partial charge is 0.261 e. The second kappa shape index (κ2) is 9.61. The number of ether oxygens (including phenoxy) is 1. The molecule has 0 saturated heterocycles. The van der Waals surface area contributed by atoms with Crippen LogP contribution in [0, 0.1) is 11.6 Å². The van der Waals surface area contributed by atoms with Gasteiger partial charge in [-0.3, -0.25) is 9.52 Å². The highest BCUT2D eigenvalue weighted by Crippen LogP contribution is 2.18. The lowest BCUT2D eigenvalue weighted by atomic mass is 10.2. The zero-order valence-corrected chi connectivity index (χ0v) is 16.4. The highest BCUT2D eigenvalue weighted by atomic mass is 32.2. The van der Waals surface area contributed by atoms with Crippen LogP contribution in [0.4, 0.5) is 14.5 Å². The van der Waals surface area contributed by atoms with Crippen LogP contribution in [0.25, 0.3) is 0 Å². The molecule has 2 N–H and O–H groups in total. The summed E-state index contributed by atoms with van der Waals surface area (Å²) < 4.78 is 58.3. The number of hydrogen-bond acceptors (Lipinski definition) is 4. The van der Waals surface area contributed by atoms with E-state index in [1.165, 1.54) is 24.3 Å². The van der Waals surface area contributed by atoms with Gasteiger partial charge in [0, 0.05) is 24.4 Å². The number of anilines is 1. The average molecular weight is 412 g/mol. The van der Waals surface area contributed by atoms with Gasteiger partial charge in [0.1, 0.15) is 0 Å². The minimum Gasteiger partial charge on any atom is -0.379 e. The van der Waals surface area contributed by atoms with Gasteiger partial charge in [-0.1, -0.05) is 0 Å². The lowest BCUT2D eigenvalue weighted by Crippen LogP contribution is -2.25. The van der Waals surface area contributed by atoms with Gasteiger partial charge in [0.25, 0.3) is 15.9 Å². The second-order valence-corrected chi connectivity index (χ2v) is 7.97. The van der Waals surface area contributed by atoms with Crippen molar-refractivity contribution in [2.45, 2.75) is 31.3 Å². The van der Waals surface area contributed by atoms with Crippen LogP contribution < -0.4 is 10.0 Å². The molecule has 0 fully saturated rings. The predicted molar refractivity (Wildman–Crippen MR) is 102 cm³/mol.